The Morgan fingerprint density at radius 2 is 1.64 bits per heavy atom. The van der Waals surface area contributed by atoms with Gasteiger partial charge >= 0.3 is 0 Å². The first kappa shape index (κ1) is 11.0. The van der Waals surface area contributed by atoms with Gasteiger partial charge in [0.1, 0.15) is 5.82 Å². The van der Waals surface area contributed by atoms with Crippen LogP contribution >= 0.6 is 0 Å². The Bertz CT molecular complexity index is 298. The third-order valence-electron chi connectivity index (χ3n) is 2.22. The second kappa shape index (κ2) is 4.40. The largest absolute Gasteiger partial charge is 0.504 e. The number of aromatic hydroxyl groups is 1. The van der Waals surface area contributed by atoms with Crippen LogP contribution in [0.3, 0.4) is 0 Å². The molecule has 0 aliphatic rings. The van der Waals surface area contributed by atoms with E-state index in [4.69, 9.17) is 0 Å². The number of hydrogen-bond acceptors (Lipinski definition) is 3. The van der Waals surface area contributed by atoms with Crippen molar-refractivity contribution < 1.29 is 5.11 Å². The van der Waals surface area contributed by atoms with Crippen LogP contribution in [-0.4, -0.2) is 15.1 Å². The summed E-state index contributed by atoms with van der Waals surface area (Å²) in [5.41, 5.74) is 1.35. The highest BCUT2D eigenvalue weighted by Crippen LogP contribution is 2.18. The molecule has 0 saturated heterocycles. The lowest BCUT2D eigenvalue weighted by Gasteiger charge is -2.07. The van der Waals surface area contributed by atoms with Crippen molar-refractivity contribution in [3.63, 3.8) is 0 Å². The molecule has 0 aliphatic heterocycles. The molecule has 0 fully saturated rings. The normalized spacial score (nSPS) is 10.9. The first-order chi connectivity index (χ1) is 6.50. The van der Waals surface area contributed by atoms with E-state index in [-0.39, 0.29) is 5.75 Å². The summed E-state index contributed by atoms with van der Waals surface area (Å²) in [5.74, 6) is 1.72. The summed E-state index contributed by atoms with van der Waals surface area (Å²) >= 11 is 0. The minimum atomic E-state index is 0.221. The summed E-state index contributed by atoms with van der Waals surface area (Å²) in [4.78, 5) is 8.49. The van der Waals surface area contributed by atoms with E-state index in [1.165, 1.54) is 0 Å². The topological polar surface area (TPSA) is 46.0 Å². The van der Waals surface area contributed by atoms with Crippen LogP contribution in [0.25, 0.3) is 0 Å². The van der Waals surface area contributed by atoms with Gasteiger partial charge in [-0.05, 0) is 26.2 Å². The first-order valence-corrected chi connectivity index (χ1v) is 5.03. The Hall–Kier alpha value is -1.12. The minimum absolute atomic E-state index is 0.221. The van der Waals surface area contributed by atoms with Gasteiger partial charge in [0, 0.05) is 6.42 Å². The minimum Gasteiger partial charge on any atom is -0.504 e. The van der Waals surface area contributed by atoms with E-state index in [0.29, 0.717) is 17.3 Å². The number of nitrogens with zero attached hydrogens (tertiary/aromatic N) is 2. The van der Waals surface area contributed by atoms with Crippen LogP contribution in [0.5, 0.6) is 5.75 Å². The van der Waals surface area contributed by atoms with Crippen LogP contribution in [0.2, 0.25) is 0 Å². The van der Waals surface area contributed by atoms with Gasteiger partial charge in [-0.25, -0.2) is 9.97 Å². The van der Waals surface area contributed by atoms with Crippen LogP contribution in [0.4, 0.5) is 0 Å². The van der Waals surface area contributed by atoms with Gasteiger partial charge in [-0.1, -0.05) is 13.8 Å². The molecule has 3 nitrogen and oxygen atoms in total. The van der Waals surface area contributed by atoms with Crippen molar-refractivity contribution in [2.75, 3.05) is 0 Å². The third kappa shape index (κ3) is 2.69. The summed E-state index contributed by atoms with van der Waals surface area (Å²) in [5, 5.41) is 9.48. The van der Waals surface area contributed by atoms with Crippen molar-refractivity contribution in [3.05, 3.63) is 17.2 Å². The fourth-order valence-electron chi connectivity index (χ4n) is 1.31. The summed E-state index contributed by atoms with van der Waals surface area (Å²) in [6, 6.07) is 0. The molecule has 0 atom stereocenters. The molecule has 3 heteroatoms. The third-order valence-corrected chi connectivity index (χ3v) is 2.22. The summed E-state index contributed by atoms with van der Waals surface area (Å²) in [7, 11) is 0. The quantitative estimate of drug-likeness (QED) is 0.803. The maximum absolute atomic E-state index is 9.48. The molecule has 0 amide bonds. The average molecular weight is 194 g/mol. The second-order valence-corrected chi connectivity index (χ2v) is 4.09. The second-order valence-electron chi connectivity index (χ2n) is 4.09. The summed E-state index contributed by atoms with van der Waals surface area (Å²) < 4.78 is 0. The predicted molar refractivity (Wildman–Crippen MR) is 56.3 cm³/mol. The van der Waals surface area contributed by atoms with E-state index >= 15 is 0 Å². The molecule has 78 valence electrons. The van der Waals surface area contributed by atoms with E-state index in [9.17, 15) is 5.11 Å². The van der Waals surface area contributed by atoms with Gasteiger partial charge in [-0.2, -0.15) is 0 Å². The van der Waals surface area contributed by atoms with Gasteiger partial charge in [-0.3, -0.25) is 0 Å². The highest BCUT2D eigenvalue weighted by molar-refractivity contribution is 5.29. The zero-order valence-corrected chi connectivity index (χ0v) is 9.33. The van der Waals surface area contributed by atoms with Crippen molar-refractivity contribution >= 4 is 0 Å². The Kier molecular flexibility index (Phi) is 3.44. The molecule has 0 aromatic carbocycles. The van der Waals surface area contributed by atoms with E-state index in [2.05, 4.69) is 23.8 Å². The Morgan fingerprint density at radius 1 is 1.14 bits per heavy atom. The summed E-state index contributed by atoms with van der Waals surface area (Å²) in [6.07, 6.45) is 1.98. The molecule has 1 rings (SSSR count). The van der Waals surface area contributed by atoms with E-state index in [1.807, 2.05) is 13.8 Å². The predicted octanol–water partition coefficient (Wildman–Crippen LogP) is 2.39. The monoisotopic (exact) mass is 194 g/mol. The molecule has 0 unspecified atom stereocenters. The van der Waals surface area contributed by atoms with E-state index in [0.717, 1.165) is 18.7 Å². The smallest absolute Gasteiger partial charge is 0.158 e. The number of aromatic nitrogens is 2. The lowest BCUT2D eigenvalue weighted by Crippen LogP contribution is -2.02. The Balaban J connectivity index is 2.79. The van der Waals surface area contributed by atoms with Gasteiger partial charge in [0.25, 0.3) is 0 Å². The highest BCUT2D eigenvalue weighted by atomic mass is 16.3. The zero-order valence-electron chi connectivity index (χ0n) is 9.33. The van der Waals surface area contributed by atoms with Crippen molar-refractivity contribution in [2.24, 2.45) is 5.92 Å². The van der Waals surface area contributed by atoms with Crippen LogP contribution in [0.1, 0.15) is 37.5 Å². The van der Waals surface area contributed by atoms with Gasteiger partial charge in [0.15, 0.2) is 5.75 Å². The molecular formula is C11H18N2O. The Morgan fingerprint density at radius 3 is 2.07 bits per heavy atom. The SMILES string of the molecule is Cc1nc(CCC(C)C)nc(C)c1O. The molecule has 0 spiro atoms. The lowest BCUT2D eigenvalue weighted by atomic mass is 10.1. The van der Waals surface area contributed by atoms with Crippen molar-refractivity contribution in [1.29, 1.82) is 0 Å². The molecule has 1 aromatic rings. The van der Waals surface area contributed by atoms with Crippen molar-refractivity contribution in [1.82, 2.24) is 9.97 Å². The molecule has 14 heavy (non-hydrogen) atoms. The van der Waals surface area contributed by atoms with Gasteiger partial charge < -0.3 is 5.11 Å². The van der Waals surface area contributed by atoms with Crippen molar-refractivity contribution in [2.45, 2.75) is 40.5 Å². The van der Waals surface area contributed by atoms with Crippen LogP contribution in [0.15, 0.2) is 0 Å². The first-order valence-electron chi connectivity index (χ1n) is 5.03. The van der Waals surface area contributed by atoms with E-state index < -0.39 is 0 Å². The molecule has 0 bridgehead atoms. The lowest BCUT2D eigenvalue weighted by molar-refractivity contribution is 0.456. The fraction of sp³-hybridized carbons (Fsp3) is 0.636. The maximum Gasteiger partial charge on any atom is 0.158 e. The number of hydrogen-bond donors (Lipinski definition) is 1. The molecule has 1 aromatic heterocycles. The van der Waals surface area contributed by atoms with Gasteiger partial charge in [0.05, 0.1) is 11.4 Å². The van der Waals surface area contributed by atoms with Crippen LogP contribution < -0.4 is 0 Å². The molecule has 0 radical (unpaired) electrons. The fourth-order valence-corrected chi connectivity index (χ4v) is 1.31. The van der Waals surface area contributed by atoms with Crippen LogP contribution in [0, 0.1) is 19.8 Å². The zero-order chi connectivity index (χ0) is 10.7. The van der Waals surface area contributed by atoms with E-state index in [1.54, 1.807) is 0 Å². The van der Waals surface area contributed by atoms with Crippen molar-refractivity contribution in [3.8, 4) is 5.75 Å². The van der Waals surface area contributed by atoms with Crippen LogP contribution in [-0.2, 0) is 6.42 Å². The number of rotatable bonds is 3. The molecule has 1 N–H and O–H groups in total. The molecule has 1 heterocycles. The molecule has 0 aliphatic carbocycles. The summed E-state index contributed by atoms with van der Waals surface area (Å²) in [6.45, 7) is 7.98. The average Bonchev–Trinajstić information content (AvgIpc) is 2.10. The van der Waals surface area contributed by atoms with Gasteiger partial charge in [-0.15, -0.1) is 0 Å². The maximum atomic E-state index is 9.48. The Labute approximate surface area is 85.2 Å². The molecule has 0 saturated carbocycles. The number of aryl methyl sites for hydroxylation is 3. The standard InChI is InChI=1S/C11H18N2O/c1-7(2)5-6-10-12-8(3)11(14)9(4)13-10/h7,14H,5-6H2,1-4H3. The highest BCUT2D eigenvalue weighted by Gasteiger charge is 2.06. The van der Waals surface area contributed by atoms with Gasteiger partial charge in [0.2, 0.25) is 0 Å². The molecular weight excluding hydrogens is 176 g/mol.